The van der Waals surface area contributed by atoms with Gasteiger partial charge in [-0.25, -0.2) is 0 Å². The highest BCUT2D eigenvalue weighted by Crippen LogP contribution is 2.48. The monoisotopic (exact) mass is 624 g/mol. The van der Waals surface area contributed by atoms with Crippen molar-refractivity contribution in [1.29, 1.82) is 0 Å². The molecular weight excluding hydrogens is 569 g/mol. The summed E-state index contributed by atoms with van der Waals surface area (Å²) in [5.74, 6) is 0. The zero-order valence-corrected chi connectivity index (χ0v) is 23.4. The van der Waals surface area contributed by atoms with Gasteiger partial charge in [0.1, 0.15) is 11.2 Å². The summed E-state index contributed by atoms with van der Waals surface area (Å²) in [4.78, 5) is 0. The third-order valence-electron chi connectivity index (χ3n) is 7.76. The first-order chi connectivity index (χ1) is 35.0. The fraction of sp³-hybridized carbons (Fsp3) is 0. The van der Waals surface area contributed by atoms with Crippen molar-refractivity contribution < 1.29 is 42.8 Å². The Kier molecular flexibility index (Phi) is 2.31. The molecule has 1 heteroatoms. The SMILES string of the molecule is [2H]c1c([2H])c([2H])c2c(oc3c([2H])c([2H])c([2H])c(-c4c5c([2H])c([2H])c([2H])c([2H])c5c(-c5c([2H])c([2H])c6c([2H])c([2H])c([2H])c([2H])c6c5[2H])c5c([2H])c(-c6c([2H])c([2H])c([2H])c7c([2H])c([2H])c([2H])c([2H])c67)c([2H])c([2H])c45)c32)c1[2H]. The molecule has 9 aromatic carbocycles. The van der Waals surface area contributed by atoms with Gasteiger partial charge >= 0.3 is 0 Å². The Morgan fingerprint density at radius 3 is 1.81 bits per heavy atom. The second kappa shape index (κ2) is 10.2. The van der Waals surface area contributed by atoms with Crippen molar-refractivity contribution >= 4 is 65.0 Å². The van der Waals surface area contributed by atoms with Crippen LogP contribution < -0.4 is 0 Å². The van der Waals surface area contributed by atoms with Crippen LogP contribution in [0.1, 0.15) is 38.4 Å². The Bertz CT molecular complexity index is 4440. The van der Waals surface area contributed by atoms with Crippen molar-refractivity contribution in [3.8, 4) is 33.4 Å². The summed E-state index contributed by atoms with van der Waals surface area (Å²) < 4.78 is 260. The van der Waals surface area contributed by atoms with Crippen molar-refractivity contribution in [2.24, 2.45) is 0 Å². The predicted molar refractivity (Wildman–Crippen MR) is 200 cm³/mol. The van der Waals surface area contributed by atoms with Gasteiger partial charge in [0.25, 0.3) is 0 Å². The van der Waals surface area contributed by atoms with Crippen LogP contribution in [0.2, 0.25) is 0 Å². The molecule has 0 saturated heterocycles. The molecule has 1 heterocycles. The molecule has 0 fully saturated rings. The summed E-state index contributed by atoms with van der Waals surface area (Å²) in [5, 5.41) is -6.98. The van der Waals surface area contributed by atoms with Crippen LogP contribution in [0.25, 0.3) is 98.4 Å². The lowest BCUT2D eigenvalue weighted by molar-refractivity contribution is 0.669. The lowest BCUT2D eigenvalue weighted by atomic mass is 9.83. The Labute approximate surface area is 311 Å². The summed E-state index contributed by atoms with van der Waals surface area (Å²) in [5.41, 5.74) is -6.14. The molecule has 0 bridgehead atoms. The van der Waals surface area contributed by atoms with E-state index in [1.807, 2.05) is 0 Å². The molecule has 0 amide bonds. The second-order valence-electron chi connectivity index (χ2n) is 10.3. The van der Waals surface area contributed by atoms with Crippen LogP contribution in [-0.2, 0) is 0 Å². The maximum absolute atomic E-state index is 10.3. The van der Waals surface area contributed by atoms with Crippen LogP contribution in [0, 0.1) is 0 Å². The maximum atomic E-state index is 10.3. The van der Waals surface area contributed by atoms with Crippen molar-refractivity contribution in [3.05, 3.63) is 169 Å². The minimum Gasteiger partial charge on any atom is -0.456 e. The summed E-state index contributed by atoms with van der Waals surface area (Å²) in [6.45, 7) is 0. The van der Waals surface area contributed by atoms with E-state index in [0.29, 0.717) is 0 Å². The number of fused-ring (bicyclic) bond motifs is 7. The van der Waals surface area contributed by atoms with Gasteiger partial charge in [-0.15, -0.1) is 0 Å². The van der Waals surface area contributed by atoms with Gasteiger partial charge in [-0.2, -0.15) is 0 Å². The quantitative estimate of drug-likeness (QED) is 0.178. The van der Waals surface area contributed by atoms with Crippen LogP contribution in [0.5, 0.6) is 0 Å². The molecule has 218 valence electrons. The Hall–Kier alpha value is -6.18. The minimum atomic E-state index is -1.12. The molecular formula is C46H28O. The van der Waals surface area contributed by atoms with Crippen LogP contribution in [-0.4, -0.2) is 0 Å². The molecule has 0 atom stereocenters. The molecule has 0 N–H and O–H groups in total. The third kappa shape index (κ3) is 3.97. The van der Waals surface area contributed by atoms with E-state index in [2.05, 4.69) is 0 Å². The summed E-state index contributed by atoms with van der Waals surface area (Å²) >= 11 is 0. The first kappa shape index (κ1) is 10.7. The zero-order valence-electron chi connectivity index (χ0n) is 51.4. The maximum Gasteiger partial charge on any atom is 0.136 e. The molecule has 10 rings (SSSR count). The Morgan fingerprint density at radius 2 is 0.936 bits per heavy atom. The van der Waals surface area contributed by atoms with Crippen molar-refractivity contribution in [2.45, 2.75) is 0 Å². The van der Waals surface area contributed by atoms with E-state index in [1.54, 1.807) is 0 Å². The molecule has 0 radical (unpaired) electrons. The summed E-state index contributed by atoms with van der Waals surface area (Å²) in [6.07, 6.45) is 0. The average molecular weight is 625 g/mol. The van der Waals surface area contributed by atoms with Crippen LogP contribution >= 0.6 is 0 Å². The largest absolute Gasteiger partial charge is 0.456 e. The van der Waals surface area contributed by atoms with Gasteiger partial charge in [0, 0.05) is 10.8 Å². The molecule has 0 saturated carbocycles. The Morgan fingerprint density at radius 1 is 0.340 bits per heavy atom. The van der Waals surface area contributed by atoms with E-state index in [9.17, 15) is 13.7 Å². The molecule has 0 aliphatic heterocycles. The predicted octanol–water partition coefficient (Wildman–Crippen LogP) is 13.2. The normalized spacial score (nSPS) is 20.2. The van der Waals surface area contributed by atoms with Gasteiger partial charge in [0.05, 0.1) is 38.4 Å². The second-order valence-corrected chi connectivity index (χ2v) is 10.3. The smallest absolute Gasteiger partial charge is 0.136 e. The van der Waals surface area contributed by atoms with E-state index in [0.717, 1.165) is 0 Å². The summed E-state index contributed by atoms with van der Waals surface area (Å²) in [6, 6.07) is -26.6. The number of benzene rings is 9. The Balaban J connectivity index is 1.64. The number of hydrogen-bond acceptors (Lipinski definition) is 1. The fourth-order valence-electron chi connectivity index (χ4n) is 5.80. The minimum absolute atomic E-state index is 0.526. The molecule has 0 spiro atoms. The first-order valence-corrected chi connectivity index (χ1v) is 13.9. The number of furan rings is 1. The molecule has 1 aromatic heterocycles. The molecule has 47 heavy (non-hydrogen) atoms. The van der Waals surface area contributed by atoms with Gasteiger partial charge in [0.2, 0.25) is 0 Å². The highest BCUT2D eigenvalue weighted by Gasteiger charge is 2.21. The van der Waals surface area contributed by atoms with Crippen molar-refractivity contribution in [1.82, 2.24) is 0 Å². The highest BCUT2D eigenvalue weighted by atomic mass is 16.3. The van der Waals surface area contributed by atoms with Crippen molar-refractivity contribution in [3.63, 3.8) is 0 Å². The van der Waals surface area contributed by atoms with Gasteiger partial charge in [-0.05, 0) is 101 Å². The fourth-order valence-corrected chi connectivity index (χ4v) is 5.80. The molecule has 0 aliphatic rings. The lowest BCUT2D eigenvalue weighted by Crippen LogP contribution is -1.92. The molecule has 1 nitrogen and oxygen atoms in total. The average Bonchev–Trinajstić information content (AvgIpc) is 3.83. The van der Waals surface area contributed by atoms with E-state index in [1.165, 1.54) is 0 Å². The highest BCUT2D eigenvalue weighted by molar-refractivity contribution is 6.26. The van der Waals surface area contributed by atoms with Crippen molar-refractivity contribution in [2.75, 3.05) is 0 Å². The number of rotatable bonds is 3. The van der Waals surface area contributed by atoms with Crippen LogP contribution in [0.15, 0.2) is 174 Å². The standard InChI is InChI=1S/C46H28O/c1-2-13-31-27-33(24-23-29(31)11-1)44-36-16-5-6-17-37(36)45(40-20-10-22-43-46(40)39-18-7-8-21-42(39)47-43)38-26-25-32(28-41(38)44)35-19-9-14-30-12-3-4-15-34(30)35/h1-28H/i1D,2D,3D,4D,5D,6D,7D,8D,9D,10D,11D,12D,13D,14D,15D,16D,17D,18D,19D,20D,21D,22D,23D,24D,25D,26D,27D,28D. The van der Waals surface area contributed by atoms with Gasteiger partial charge in [-0.3, -0.25) is 0 Å². The topological polar surface area (TPSA) is 13.1 Å². The van der Waals surface area contributed by atoms with E-state index in [-0.39, 0.29) is 0 Å². The van der Waals surface area contributed by atoms with Crippen LogP contribution in [0.4, 0.5) is 0 Å². The van der Waals surface area contributed by atoms with Crippen LogP contribution in [0.3, 0.4) is 0 Å². The van der Waals surface area contributed by atoms with Gasteiger partial charge < -0.3 is 4.42 Å². The third-order valence-corrected chi connectivity index (χ3v) is 7.76. The summed E-state index contributed by atoms with van der Waals surface area (Å²) in [7, 11) is 0. The van der Waals surface area contributed by atoms with Gasteiger partial charge in [-0.1, -0.05) is 145 Å². The molecule has 0 unspecified atom stereocenters. The molecule has 10 aromatic rings. The van der Waals surface area contributed by atoms with E-state index in [4.69, 9.17) is 29.1 Å². The van der Waals surface area contributed by atoms with E-state index < -0.39 is 268 Å². The lowest BCUT2D eigenvalue weighted by Gasteiger charge is -2.20. The number of para-hydroxylation sites is 1. The zero-order chi connectivity index (χ0) is 55.3. The number of hydrogen-bond donors (Lipinski definition) is 0. The van der Waals surface area contributed by atoms with E-state index >= 15 is 0 Å². The van der Waals surface area contributed by atoms with Gasteiger partial charge in [0.15, 0.2) is 0 Å². The first-order valence-electron chi connectivity index (χ1n) is 27.9. The molecule has 0 aliphatic carbocycles.